The lowest BCUT2D eigenvalue weighted by Gasteiger charge is -2.34. The molecule has 0 radical (unpaired) electrons. The smallest absolute Gasteiger partial charge is 0.159 e. The quantitative estimate of drug-likeness (QED) is 0.0455. The van der Waals surface area contributed by atoms with E-state index in [-0.39, 0.29) is 48.1 Å². The van der Waals surface area contributed by atoms with Crippen LogP contribution in [0.2, 0.25) is 0 Å². The predicted molar refractivity (Wildman–Crippen MR) is 265 cm³/mol. The van der Waals surface area contributed by atoms with E-state index in [1.54, 1.807) is 0 Å². The molecule has 0 spiro atoms. The van der Waals surface area contributed by atoms with Crippen molar-refractivity contribution in [2.45, 2.75) is 237 Å². The van der Waals surface area contributed by atoms with Crippen LogP contribution in [0, 0.1) is 27.1 Å². The fourth-order valence-corrected chi connectivity index (χ4v) is 7.79. The van der Waals surface area contributed by atoms with E-state index in [1.807, 2.05) is 0 Å². The molecule has 4 nitrogen and oxygen atoms in total. The molecule has 0 heterocycles. The Hall–Kier alpha value is -0.440. The standard InChI is InChI=1S/C49H92O4S4/c1-13-17-21-29-45(5,6)33-25-41(54)50-37-49(38-51-42(55)26-34-46(7,8)30-22-18-14-2,39-52-43(56)27-35-47(9,10)31-23-19-15-3)40-53-44(57)28-36-48(11,12)32-24-20-16-4/h13-40H2,1-12H3. The van der Waals surface area contributed by atoms with Crippen LogP contribution in [0.4, 0.5) is 0 Å². The largest absolute Gasteiger partial charge is 0.486 e. The molecule has 0 aliphatic carbocycles. The first kappa shape index (κ1) is 56.6. The first-order chi connectivity index (χ1) is 26.6. The summed E-state index contributed by atoms with van der Waals surface area (Å²) in [5, 5.41) is 2.47. The molecule has 0 rings (SSSR count). The third-order valence-corrected chi connectivity index (χ3v) is 13.3. The lowest BCUT2D eigenvalue weighted by Crippen LogP contribution is -2.43. The summed E-state index contributed by atoms with van der Waals surface area (Å²) in [7, 11) is 0. The Morgan fingerprint density at radius 3 is 0.684 bits per heavy atom. The molecular formula is C49H92O4S4. The first-order valence-electron chi connectivity index (χ1n) is 23.3. The van der Waals surface area contributed by atoms with Crippen molar-refractivity contribution in [1.82, 2.24) is 0 Å². The van der Waals surface area contributed by atoms with Gasteiger partial charge in [-0.2, -0.15) is 0 Å². The van der Waals surface area contributed by atoms with Crippen molar-refractivity contribution in [1.29, 1.82) is 0 Å². The van der Waals surface area contributed by atoms with E-state index in [2.05, 4.69) is 83.1 Å². The van der Waals surface area contributed by atoms with Gasteiger partial charge in [-0.25, -0.2) is 0 Å². The third-order valence-electron chi connectivity index (χ3n) is 12.0. The van der Waals surface area contributed by atoms with E-state index < -0.39 is 5.41 Å². The first-order valence-corrected chi connectivity index (χ1v) is 24.9. The van der Waals surface area contributed by atoms with Crippen LogP contribution in [-0.2, 0) is 18.9 Å². The second-order valence-corrected chi connectivity index (χ2v) is 22.4. The summed E-state index contributed by atoms with van der Waals surface area (Å²) in [4.78, 5) is 0. The number of thiocarbonyl (C=S) groups is 4. The second kappa shape index (κ2) is 30.6. The zero-order chi connectivity index (χ0) is 43.4. The Bertz CT molecular complexity index is 939. The highest BCUT2D eigenvalue weighted by molar-refractivity contribution is 7.80. The molecule has 0 saturated heterocycles. The van der Waals surface area contributed by atoms with Crippen LogP contribution in [0.5, 0.6) is 0 Å². The number of hydrogen-bond donors (Lipinski definition) is 0. The molecule has 57 heavy (non-hydrogen) atoms. The summed E-state index contributed by atoms with van der Waals surface area (Å²) in [6.07, 6.45) is 26.6. The van der Waals surface area contributed by atoms with E-state index in [1.165, 1.54) is 103 Å². The minimum absolute atomic E-state index is 0.207. The predicted octanol–water partition coefficient (Wildman–Crippen LogP) is 16.9. The van der Waals surface area contributed by atoms with Crippen molar-refractivity contribution in [2.24, 2.45) is 27.1 Å². The van der Waals surface area contributed by atoms with Crippen LogP contribution in [0.25, 0.3) is 0 Å². The summed E-state index contributed by atoms with van der Waals surface area (Å²) >= 11 is 23.6. The number of unbranched alkanes of at least 4 members (excludes halogenated alkanes) is 8. The van der Waals surface area contributed by atoms with Crippen LogP contribution in [0.15, 0.2) is 0 Å². The molecule has 8 heteroatoms. The normalized spacial score (nSPS) is 12.7. The van der Waals surface area contributed by atoms with Gasteiger partial charge < -0.3 is 18.9 Å². The summed E-state index contributed by atoms with van der Waals surface area (Å²) in [5.41, 5.74) is 0.108. The van der Waals surface area contributed by atoms with Gasteiger partial charge in [0.05, 0.1) is 0 Å². The lowest BCUT2D eigenvalue weighted by atomic mass is 9.82. The average Bonchev–Trinajstić information content (AvgIpc) is 3.14. The Balaban J connectivity index is 6.17. The van der Waals surface area contributed by atoms with Gasteiger partial charge in [0, 0.05) is 25.7 Å². The van der Waals surface area contributed by atoms with Gasteiger partial charge in [-0.3, -0.25) is 0 Å². The highest BCUT2D eigenvalue weighted by Crippen LogP contribution is 2.34. The van der Waals surface area contributed by atoms with Gasteiger partial charge in [-0.05, 0) is 122 Å². The highest BCUT2D eigenvalue weighted by Gasteiger charge is 2.37. The van der Waals surface area contributed by atoms with Gasteiger partial charge in [0.1, 0.15) is 31.8 Å². The van der Waals surface area contributed by atoms with Gasteiger partial charge >= 0.3 is 0 Å². The van der Waals surface area contributed by atoms with E-state index in [4.69, 9.17) is 67.8 Å². The molecule has 0 N–H and O–H groups in total. The van der Waals surface area contributed by atoms with Crippen LogP contribution in [-0.4, -0.2) is 46.6 Å². The summed E-state index contributed by atoms with van der Waals surface area (Å²) in [6, 6.07) is 0. The maximum absolute atomic E-state index is 6.49. The van der Waals surface area contributed by atoms with E-state index in [0.717, 1.165) is 51.4 Å². The van der Waals surface area contributed by atoms with Gasteiger partial charge in [0.2, 0.25) is 0 Å². The minimum atomic E-state index is -0.719. The molecule has 0 aromatic rings. The molecule has 0 amide bonds. The number of hydrogen-bond acceptors (Lipinski definition) is 8. The van der Waals surface area contributed by atoms with Crippen LogP contribution < -0.4 is 0 Å². The Morgan fingerprint density at radius 1 is 0.316 bits per heavy atom. The Kier molecular flexibility index (Phi) is 30.3. The molecular weight excluding hydrogens is 781 g/mol. The zero-order valence-electron chi connectivity index (χ0n) is 39.6. The van der Waals surface area contributed by atoms with Crippen molar-refractivity contribution < 1.29 is 18.9 Å². The second-order valence-electron chi connectivity index (χ2n) is 20.6. The lowest BCUT2D eigenvalue weighted by molar-refractivity contribution is -0.0169. The summed E-state index contributed by atoms with van der Waals surface area (Å²) in [6.45, 7) is 28.9. The zero-order valence-corrected chi connectivity index (χ0v) is 42.8. The maximum Gasteiger partial charge on any atom is 0.159 e. The van der Waals surface area contributed by atoms with Crippen LogP contribution in [0.3, 0.4) is 0 Å². The van der Waals surface area contributed by atoms with Gasteiger partial charge in [-0.1, -0.05) is 160 Å². The SMILES string of the molecule is CCCCCC(C)(C)CCC(=S)OCC(COC(=S)CCC(C)(C)CCCCC)(COC(=S)CCC(C)(C)CCCCC)COC(=S)CCC(C)(C)CCCCC. The molecule has 0 fully saturated rings. The molecule has 0 aliphatic rings. The minimum Gasteiger partial charge on any atom is -0.486 e. The highest BCUT2D eigenvalue weighted by atomic mass is 32.1. The van der Waals surface area contributed by atoms with Crippen molar-refractivity contribution in [2.75, 3.05) is 26.4 Å². The Morgan fingerprint density at radius 2 is 0.509 bits per heavy atom. The summed E-state index contributed by atoms with van der Waals surface area (Å²) in [5.74, 6) is 0. The molecule has 0 atom stereocenters. The molecule has 0 bridgehead atoms. The summed E-state index contributed by atoms with van der Waals surface area (Å²) < 4.78 is 26.0. The maximum atomic E-state index is 6.49. The van der Waals surface area contributed by atoms with Crippen molar-refractivity contribution in [3.05, 3.63) is 0 Å². The van der Waals surface area contributed by atoms with Crippen LogP contribution in [0.1, 0.15) is 237 Å². The fraction of sp³-hybridized carbons (Fsp3) is 0.918. The van der Waals surface area contributed by atoms with E-state index >= 15 is 0 Å². The van der Waals surface area contributed by atoms with E-state index in [9.17, 15) is 0 Å². The molecule has 0 unspecified atom stereocenters. The van der Waals surface area contributed by atoms with Crippen molar-refractivity contribution in [3.8, 4) is 0 Å². The molecule has 0 aromatic heterocycles. The van der Waals surface area contributed by atoms with Gasteiger partial charge in [-0.15, -0.1) is 0 Å². The van der Waals surface area contributed by atoms with Crippen molar-refractivity contribution in [3.63, 3.8) is 0 Å². The van der Waals surface area contributed by atoms with Gasteiger partial charge in [0.25, 0.3) is 0 Å². The molecule has 0 saturated carbocycles. The average molecular weight is 874 g/mol. The fourth-order valence-electron chi connectivity index (χ4n) is 7.15. The van der Waals surface area contributed by atoms with Crippen molar-refractivity contribution >= 4 is 69.1 Å². The molecule has 0 aliphatic heterocycles. The van der Waals surface area contributed by atoms with Gasteiger partial charge in [0.15, 0.2) is 20.2 Å². The monoisotopic (exact) mass is 873 g/mol. The number of rotatable bonds is 36. The molecule has 336 valence electrons. The van der Waals surface area contributed by atoms with E-state index in [0.29, 0.717) is 20.2 Å². The third kappa shape index (κ3) is 31.1. The Labute approximate surface area is 376 Å². The number of ether oxygens (including phenoxy) is 4. The molecule has 0 aromatic carbocycles. The van der Waals surface area contributed by atoms with Crippen LogP contribution >= 0.6 is 48.9 Å². The topological polar surface area (TPSA) is 36.9 Å².